The van der Waals surface area contributed by atoms with Crippen LogP contribution in [0, 0.1) is 0 Å². The van der Waals surface area contributed by atoms with Gasteiger partial charge in [0, 0.05) is 24.3 Å². The van der Waals surface area contributed by atoms with Gasteiger partial charge in [0.1, 0.15) is 12.6 Å². The number of carbonyl (C=O) groups excluding carboxylic acids is 5. The normalized spacial score (nSPS) is 15.8. The van der Waals surface area contributed by atoms with Crippen molar-refractivity contribution in [3.8, 4) is 0 Å². The predicted octanol–water partition coefficient (Wildman–Crippen LogP) is 4.17. The molecule has 13 nitrogen and oxygen atoms in total. The van der Waals surface area contributed by atoms with E-state index < -0.39 is 47.4 Å². The molecule has 51 heavy (non-hydrogen) atoms. The molecule has 3 N–H and O–H groups in total. The molecule has 3 aromatic carbocycles. The maximum absolute atomic E-state index is 13.2. The minimum Gasteiger partial charge on any atom is -0.460 e. The number of halogens is 3. The van der Waals surface area contributed by atoms with Crippen LogP contribution in [0.5, 0.6) is 0 Å². The van der Waals surface area contributed by atoms with Crippen LogP contribution in [0.1, 0.15) is 49.5 Å². The molecule has 0 aliphatic carbocycles. The summed E-state index contributed by atoms with van der Waals surface area (Å²) in [7, 11) is 0. The van der Waals surface area contributed by atoms with E-state index in [4.69, 9.17) is 18.9 Å². The Hall–Kier alpha value is -5.32. The number of anilines is 3. The largest absolute Gasteiger partial charge is 0.460 e. The molecular weight excluding hydrogens is 677 g/mol. The van der Waals surface area contributed by atoms with E-state index in [0.29, 0.717) is 17.9 Å². The quantitative estimate of drug-likeness (QED) is 0.105. The molecule has 4 amide bonds. The van der Waals surface area contributed by atoms with E-state index in [1.54, 1.807) is 30.3 Å². The van der Waals surface area contributed by atoms with Gasteiger partial charge < -0.3 is 29.6 Å². The first-order valence-corrected chi connectivity index (χ1v) is 16.1. The third-order valence-corrected chi connectivity index (χ3v) is 7.85. The predicted molar refractivity (Wildman–Crippen MR) is 176 cm³/mol. The Labute approximate surface area is 290 Å². The van der Waals surface area contributed by atoms with Crippen molar-refractivity contribution in [3.63, 3.8) is 0 Å². The molecule has 0 spiro atoms. The number of piperidine rings is 1. The molecule has 2 aliphatic rings. The molecule has 2 heterocycles. The van der Waals surface area contributed by atoms with Gasteiger partial charge in [0.05, 0.1) is 67.6 Å². The number of fused-ring (bicyclic) bond motifs is 1. The second-order valence-corrected chi connectivity index (χ2v) is 11.3. The highest BCUT2D eigenvalue weighted by atomic mass is 19.4. The molecular formula is C35H35F3N4O9. The van der Waals surface area contributed by atoms with Crippen LogP contribution in [-0.2, 0) is 34.7 Å². The molecule has 1 unspecified atom stereocenters. The van der Waals surface area contributed by atoms with Crippen molar-refractivity contribution in [2.24, 2.45) is 0 Å². The Balaban J connectivity index is 0.931. The van der Waals surface area contributed by atoms with E-state index in [-0.39, 0.29) is 81.5 Å². The van der Waals surface area contributed by atoms with Crippen LogP contribution in [0.25, 0.3) is 0 Å². The van der Waals surface area contributed by atoms with Gasteiger partial charge in [-0.2, -0.15) is 13.2 Å². The number of imide groups is 2. The molecule has 5 rings (SSSR count). The average Bonchev–Trinajstić information content (AvgIpc) is 3.36. The molecule has 0 radical (unpaired) electrons. The summed E-state index contributed by atoms with van der Waals surface area (Å²) >= 11 is 0. The highest BCUT2D eigenvalue weighted by Crippen LogP contribution is 2.33. The first-order chi connectivity index (χ1) is 24.5. The van der Waals surface area contributed by atoms with Crippen LogP contribution in [0.15, 0.2) is 66.7 Å². The zero-order chi connectivity index (χ0) is 36.4. The van der Waals surface area contributed by atoms with E-state index in [2.05, 4.69) is 16.0 Å². The standard InChI is InChI=1S/C35H35F3N4O9/c36-35(37,38)22-5-3-6-23(21-22)40-26-9-2-1-7-24(26)34(47)51-20-19-50-18-17-49-16-15-48-14-13-39-27-10-4-8-25-30(27)33(46)42(32(25)45)28-11-12-29(43)41-31(28)44/h1-10,21,28,39-40H,11-20H2,(H,41,43,44). The first-order valence-electron chi connectivity index (χ1n) is 16.1. The van der Waals surface area contributed by atoms with Crippen molar-refractivity contribution in [2.45, 2.75) is 25.1 Å². The van der Waals surface area contributed by atoms with Crippen LogP contribution in [0.2, 0.25) is 0 Å². The van der Waals surface area contributed by atoms with Gasteiger partial charge in [-0.05, 0) is 48.9 Å². The zero-order valence-corrected chi connectivity index (χ0v) is 27.3. The van der Waals surface area contributed by atoms with Crippen LogP contribution >= 0.6 is 0 Å². The number of ether oxygens (including phenoxy) is 4. The van der Waals surface area contributed by atoms with Crippen molar-refractivity contribution in [2.75, 3.05) is 63.4 Å². The number of nitrogens with zero attached hydrogens (tertiary/aromatic N) is 1. The molecule has 2 aliphatic heterocycles. The summed E-state index contributed by atoms with van der Waals surface area (Å²) in [6.45, 7) is 1.69. The van der Waals surface area contributed by atoms with E-state index in [0.717, 1.165) is 17.0 Å². The molecule has 270 valence electrons. The summed E-state index contributed by atoms with van der Waals surface area (Å²) in [5.74, 6) is -2.96. The number of para-hydroxylation sites is 1. The average molecular weight is 713 g/mol. The van der Waals surface area contributed by atoms with Crippen LogP contribution < -0.4 is 16.0 Å². The lowest BCUT2D eigenvalue weighted by atomic mass is 10.0. The maximum atomic E-state index is 13.2. The molecule has 0 aromatic heterocycles. The number of alkyl halides is 3. The summed E-state index contributed by atoms with van der Waals surface area (Å²) in [4.78, 5) is 63.4. The second-order valence-electron chi connectivity index (χ2n) is 11.3. The summed E-state index contributed by atoms with van der Waals surface area (Å²) in [5, 5.41) is 8.10. The number of hydrogen-bond acceptors (Lipinski definition) is 11. The molecule has 1 saturated heterocycles. The van der Waals surface area contributed by atoms with E-state index in [1.807, 2.05) is 0 Å². The van der Waals surface area contributed by atoms with Gasteiger partial charge in [0.25, 0.3) is 11.8 Å². The smallest absolute Gasteiger partial charge is 0.416 e. The Bertz CT molecular complexity index is 1770. The van der Waals surface area contributed by atoms with Crippen molar-refractivity contribution < 1.29 is 56.1 Å². The lowest BCUT2D eigenvalue weighted by molar-refractivity contribution is -0.138. The molecule has 3 aromatic rings. The SMILES string of the molecule is O=C1CCC(N2C(=O)c3cccc(NCCOCCOCCOCCOC(=O)c4ccccc4Nc4cccc(C(F)(F)F)c4)c3C2=O)C(=O)N1. The van der Waals surface area contributed by atoms with Crippen LogP contribution in [-0.4, -0.2) is 93.3 Å². The fraction of sp³-hybridized carbons (Fsp3) is 0.343. The summed E-state index contributed by atoms with van der Waals surface area (Å²) in [6, 6.07) is 14.7. The lowest BCUT2D eigenvalue weighted by Gasteiger charge is -2.27. The van der Waals surface area contributed by atoms with E-state index in [9.17, 15) is 37.1 Å². The van der Waals surface area contributed by atoms with Crippen LogP contribution in [0.3, 0.4) is 0 Å². The minimum atomic E-state index is -4.50. The molecule has 16 heteroatoms. The minimum absolute atomic E-state index is 0.0375. The summed E-state index contributed by atoms with van der Waals surface area (Å²) in [6.07, 6.45) is -4.39. The number of esters is 1. The topological polar surface area (TPSA) is 162 Å². The van der Waals surface area contributed by atoms with Crippen molar-refractivity contribution in [1.29, 1.82) is 0 Å². The van der Waals surface area contributed by atoms with Crippen molar-refractivity contribution in [3.05, 3.63) is 89.0 Å². The summed E-state index contributed by atoms with van der Waals surface area (Å²) in [5.41, 5.74) is 0.580. The third-order valence-electron chi connectivity index (χ3n) is 7.85. The Morgan fingerprint density at radius 3 is 2.20 bits per heavy atom. The van der Waals surface area contributed by atoms with Gasteiger partial charge >= 0.3 is 12.1 Å². The lowest BCUT2D eigenvalue weighted by Crippen LogP contribution is -2.54. The van der Waals surface area contributed by atoms with Crippen LogP contribution in [0.4, 0.5) is 30.2 Å². The monoisotopic (exact) mass is 712 g/mol. The maximum Gasteiger partial charge on any atom is 0.416 e. The first kappa shape index (κ1) is 36.9. The van der Waals surface area contributed by atoms with Gasteiger partial charge in [0.2, 0.25) is 11.8 Å². The van der Waals surface area contributed by atoms with E-state index >= 15 is 0 Å². The Kier molecular flexibility index (Phi) is 12.4. The fourth-order valence-corrected chi connectivity index (χ4v) is 5.43. The van der Waals surface area contributed by atoms with Crippen molar-refractivity contribution in [1.82, 2.24) is 10.2 Å². The van der Waals surface area contributed by atoms with Gasteiger partial charge in [-0.25, -0.2) is 4.79 Å². The highest BCUT2D eigenvalue weighted by molar-refractivity contribution is 6.25. The van der Waals surface area contributed by atoms with Gasteiger partial charge in [-0.3, -0.25) is 29.4 Å². The van der Waals surface area contributed by atoms with Gasteiger partial charge in [-0.15, -0.1) is 0 Å². The molecule has 0 bridgehead atoms. The molecule has 1 atom stereocenters. The van der Waals surface area contributed by atoms with Gasteiger partial charge in [0.15, 0.2) is 0 Å². The van der Waals surface area contributed by atoms with E-state index in [1.165, 1.54) is 24.3 Å². The number of carbonyl (C=O) groups is 5. The zero-order valence-electron chi connectivity index (χ0n) is 27.3. The highest BCUT2D eigenvalue weighted by Gasteiger charge is 2.45. The number of amides is 4. The van der Waals surface area contributed by atoms with Crippen molar-refractivity contribution >= 4 is 46.7 Å². The van der Waals surface area contributed by atoms with Gasteiger partial charge in [-0.1, -0.05) is 24.3 Å². The third kappa shape index (κ3) is 9.48. The number of nitrogens with one attached hydrogen (secondary N) is 3. The number of benzene rings is 3. The Morgan fingerprint density at radius 1 is 0.804 bits per heavy atom. The molecule has 0 saturated carbocycles. The summed E-state index contributed by atoms with van der Waals surface area (Å²) < 4.78 is 60.9. The number of hydrogen-bond donors (Lipinski definition) is 3. The Morgan fingerprint density at radius 2 is 1.47 bits per heavy atom. The second kappa shape index (κ2) is 17.1. The fourth-order valence-electron chi connectivity index (χ4n) is 5.43. The number of rotatable bonds is 17. The molecule has 1 fully saturated rings.